The number of hydrogen-bond donors (Lipinski definition) is 4. The highest BCUT2D eigenvalue weighted by Crippen LogP contribution is 2.27. The lowest BCUT2D eigenvalue weighted by Crippen LogP contribution is -2.26. The van der Waals surface area contributed by atoms with Crippen LogP contribution in [0.2, 0.25) is 0 Å². The molecule has 0 amide bonds. The zero-order valence-corrected chi connectivity index (χ0v) is 11.6. The number of aliphatic imine (C=N–C) groups is 2. The van der Waals surface area contributed by atoms with Gasteiger partial charge in [-0.05, 0) is 24.6 Å². The van der Waals surface area contributed by atoms with Gasteiger partial charge in [-0.1, -0.05) is 0 Å². The first-order valence-electron chi connectivity index (χ1n) is 6.05. The van der Waals surface area contributed by atoms with Crippen LogP contribution in [-0.2, 0) is 0 Å². The lowest BCUT2D eigenvalue weighted by atomic mass is 10.1. The van der Waals surface area contributed by atoms with E-state index in [0.29, 0.717) is 11.3 Å². The molecule has 1 aromatic heterocycles. The van der Waals surface area contributed by atoms with Crippen molar-refractivity contribution in [3.8, 4) is 5.69 Å². The second kappa shape index (κ2) is 5.91. The summed E-state index contributed by atoms with van der Waals surface area (Å²) >= 11 is 0. The lowest BCUT2D eigenvalue weighted by molar-refractivity contribution is 0.0697. The predicted molar refractivity (Wildman–Crippen MR) is 80.1 cm³/mol. The van der Waals surface area contributed by atoms with Gasteiger partial charge in [-0.15, -0.1) is 0 Å². The van der Waals surface area contributed by atoms with Gasteiger partial charge in [0.05, 0.1) is 16.9 Å². The van der Waals surface area contributed by atoms with E-state index in [9.17, 15) is 9.90 Å². The van der Waals surface area contributed by atoms with Crippen molar-refractivity contribution in [1.82, 2.24) is 14.8 Å². The number of aromatic carboxylic acids is 1. The summed E-state index contributed by atoms with van der Waals surface area (Å²) in [6, 6.07) is 3.11. The average molecular weight is 302 g/mol. The standard InChI is InChI=1S/C12H14N8O2/c1-6-2-7(20-5-16-4-17-20)3-8(10(21)22)9(6)18-12(15)19-11(13)14/h2-5H,1H3,(H,21,22)(H6,13,14,15,18,19). The molecule has 0 radical (unpaired) electrons. The Bertz CT molecular complexity index is 760. The van der Waals surface area contributed by atoms with Crippen molar-refractivity contribution in [3.63, 3.8) is 0 Å². The van der Waals surface area contributed by atoms with Gasteiger partial charge in [0, 0.05) is 0 Å². The van der Waals surface area contributed by atoms with Crippen molar-refractivity contribution in [3.05, 3.63) is 35.9 Å². The Hall–Kier alpha value is -3.43. The van der Waals surface area contributed by atoms with Gasteiger partial charge >= 0.3 is 5.97 Å². The van der Waals surface area contributed by atoms with E-state index in [2.05, 4.69) is 20.1 Å². The van der Waals surface area contributed by atoms with E-state index in [-0.39, 0.29) is 23.2 Å². The molecule has 10 nitrogen and oxygen atoms in total. The Morgan fingerprint density at radius 2 is 2.05 bits per heavy atom. The van der Waals surface area contributed by atoms with Crippen molar-refractivity contribution in [2.45, 2.75) is 6.92 Å². The van der Waals surface area contributed by atoms with Crippen LogP contribution in [0.25, 0.3) is 5.69 Å². The van der Waals surface area contributed by atoms with Gasteiger partial charge in [0.1, 0.15) is 12.7 Å². The first-order valence-corrected chi connectivity index (χ1v) is 6.05. The van der Waals surface area contributed by atoms with E-state index in [0.717, 1.165) is 0 Å². The molecule has 7 N–H and O–H groups in total. The molecule has 2 aromatic rings. The third-order valence-electron chi connectivity index (χ3n) is 2.67. The van der Waals surface area contributed by atoms with Crippen molar-refractivity contribution in [2.75, 3.05) is 0 Å². The summed E-state index contributed by atoms with van der Waals surface area (Å²) in [6.07, 6.45) is 2.80. The fraction of sp³-hybridized carbons (Fsp3) is 0.0833. The number of nitrogens with two attached hydrogens (primary N) is 3. The van der Waals surface area contributed by atoms with Crippen LogP contribution in [0.1, 0.15) is 15.9 Å². The summed E-state index contributed by atoms with van der Waals surface area (Å²) in [5.74, 6) is -1.67. The number of aryl methyl sites for hydroxylation is 1. The average Bonchev–Trinajstić information content (AvgIpc) is 2.93. The maximum Gasteiger partial charge on any atom is 0.337 e. The van der Waals surface area contributed by atoms with E-state index in [1.54, 1.807) is 13.0 Å². The normalized spacial score (nSPS) is 11.2. The largest absolute Gasteiger partial charge is 0.478 e. The summed E-state index contributed by atoms with van der Waals surface area (Å²) in [5, 5.41) is 13.3. The summed E-state index contributed by atoms with van der Waals surface area (Å²) < 4.78 is 1.44. The first-order chi connectivity index (χ1) is 10.4. The van der Waals surface area contributed by atoms with Crippen LogP contribution >= 0.6 is 0 Å². The highest BCUT2D eigenvalue weighted by molar-refractivity contribution is 5.99. The summed E-state index contributed by atoms with van der Waals surface area (Å²) in [6.45, 7) is 1.69. The highest BCUT2D eigenvalue weighted by atomic mass is 16.4. The maximum absolute atomic E-state index is 11.5. The van der Waals surface area contributed by atoms with E-state index >= 15 is 0 Å². The minimum absolute atomic E-state index is 0.0563. The topological polar surface area (TPSA) is 171 Å². The Morgan fingerprint density at radius 3 is 2.59 bits per heavy atom. The van der Waals surface area contributed by atoms with Crippen LogP contribution < -0.4 is 17.2 Å². The molecule has 22 heavy (non-hydrogen) atoms. The second-order valence-corrected chi connectivity index (χ2v) is 4.31. The molecule has 2 rings (SSSR count). The summed E-state index contributed by atoms with van der Waals surface area (Å²) in [7, 11) is 0. The van der Waals surface area contributed by atoms with Gasteiger partial charge in [-0.2, -0.15) is 10.1 Å². The fourth-order valence-corrected chi connectivity index (χ4v) is 1.82. The molecule has 0 saturated heterocycles. The molecule has 0 bridgehead atoms. The molecular weight excluding hydrogens is 288 g/mol. The Morgan fingerprint density at radius 1 is 1.32 bits per heavy atom. The molecule has 10 heteroatoms. The number of benzene rings is 1. The zero-order valence-electron chi connectivity index (χ0n) is 11.6. The van der Waals surface area contributed by atoms with Crippen molar-refractivity contribution >= 4 is 23.6 Å². The molecule has 0 spiro atoms. The van der Waals surface area contributed by atoms with Gasteiger partial charge in [0.2, 0.25) is 5.96 Å². The molecule has 0 aliphatic carbocycles. The van der Waals surface area contributed by atoms with Gasteiger partial charge in [0.25, 0.3) is 0 Å². The number of guanidine groups is 2. The number of hydrogen-bond acceptors (Lipinski definition) is 4. The SMILES string of the molecule is Cc1cc(-n2cncn2)cc(C(=O)O)c1N=C(N)N=C(N)N. The quantitative estimate of drug-likeness (QED) is 0.436. The van der Waals surface area contributed by atoms with E-state index in [4.69, 9.17) is 17.2 Å². The van der Waals surface area contributed by atoms with Crippen molar-refractivity contribution in [2.24, 2.45) is 27.2 Å². The van der Waals surface area contributed by atoms with Crippen LogP contribution in [0.3, 0.4) is 0 Å². The molecule has 1 aromatic carbocycles. The number of carboxylic acids is 1. The third kappa shape index (κ3) is 3.17. The lowest BCUT2D eigenvalue weighted by Gasteiger charge is -2.09. The predicted octanol–water partition coefficient (Wildman–Crippen LogP) is -0.506. The van der Waals surface area contributed by atoms with Gasteiger partial charge in [-0.3, -0.25) is 0 Å². The highest BCUT2D eigenvalue weighted by Gasteiger charge is 2.15. The van der Waals surface area contributed by atoms with Crippen LogP contribution in [0, 0.1) is 6.92 Å². The molecule has 0 aliphatic rings. The third-order valence-corrected chi connectivity index (χ3v) is 2.67. The number of carboxylic acid groups (broad SMARTS) is 1. The number of nitrogens with zero attached hydrogens (tertiary/aromatic N) is 5. The number of aromatic nitrogens is 3. The molecule has 0 atom stereocenters. The Kier molecular flexibility index (Phi) is 4.02. The molecule has 114 valence electrons. The van der Waals surface area contributed by atoms with E-state index < -0.39 is 5.97 Å². The molecule has 1 heterocycles. The minimum Gasteiger partial charge on any atom is -0.478 e. The van der Waals surface area contributed by atoms with Crippen molar-refractivity contribution < 1.29 is 9.90 Å². The van der Waals surface area contributed by atoms with E-state index in [1.165, 1.54) is 23.4 Å². The van der Waals surface area contributed by atoms with E-state index in [1.807, 2.05) is 0 Å². The van der Waals surface area contributed by atoms with Crippen LogP contribution in [-0.4, -0.2) is 37.8 Å². The summed E-state index contributed by atoms with van der Waals surface area (Å²) in [5.41, 5.74) is 17.2. The van der Waals surface area contributed by atoms with Crippen LogP contribution in [0.4, 0.5) is 5.69 Å². The Labute approximate surface area is 125 Å². The van der Waals surface area contributed by atoms with Gasteiger partial charge in [0.15, 0.2) is 5.96 Å². The molecular formula is C12H14N8O2. The number of carbonyl (C=O) groups is 1. The molecule has 0 saturated carbocycles. The first kappa shape index (κ1) is 15.0. The smallest absolute Gasteiger partial charge is 0.337 e. The van der Waals surface area contributed by atoms with Crippen LogP contribution in [0.15, 0.2) is 34.8 Å². The molecule has 0 unspecified atom stereocenters. The molecule has 0 aliphatic heterocycles. The summed E-state index contributed by atoms with van der Waals surface area (Å²) in [4.78, 5) is 22.8. The van der Waals surface area contributed by atoms with Gasteiger partial charge in [-0.25, -0.2) is 19.5 Å². The molecule has 0 fully saturated rings. The van der Waals surface area contributed by atoms with Crippen LogP contribution in [0.5, 0.6) is 0 Å². The number of rotatable bonds is 3. The zero-order chi connectivity index (χ0) is 16.3. The minimum atomic E-state index is -1.17. The Balaban J connectivity index is 2.60. The van der Waals surface area contributed by atoms with Crippen molar-refractivity contribution in [1.29, 1.82) is 0 Å². The maximum atomic E-state index is 11.5. The fourth-order valence-electron chi connectivity index (χ4n) is 1.82. The van der Waals surface area contributed by atoms with Gasteiger partial charge < -0.3 is 22.3 Å². The monoisotopic (exact) mass is 302 g/mol. The second-order valence-electron chi connectivity index (χ2n) is 4.31.